The summed E-state index contributed by atoms with van der Waals surface area (Å²) in [6, 6.07) is 0. The van der Waals surface area contributed by atoms with Crippen LogP contribution in [0.15, 0.2) is 5.16 Å². The molecule has 1 aliphatic rings. The van der Waals surface area contributed by atoms with Gasteiger partial charge in [-0.05, 0) is 6.42 Å². The third kappa shape index (κ3) is 3.89. The van der Waals surface area contributed by atoms with Crippen molar-refractivity contribution in [3.05, 3.63) is 0 Å². The van der Waals surface area contributed by atoms with Gasteiger partial charge in [0.15, 0.2) is 0 Å². The van der Waals surface area contributed by atoms with Gasteiger partial charge in [-0.2, -0.15) is 0 Å². The summed E-state index contributed by atoms with van der Waals surface area (Å²) in [5.41, 5.74) is 0. The second-order valence-electron chi connectivity index (χ2n) is 2.89. The fourth-order valence-electron chi connectivity index (χ4n) is 1.14. The second kappa shape index (κ2) is 5.53. The molecule has 1 N–H and O–H groups in total. The molecular weight excluding hydrogens is 172 g/mol. The number of amides is 1. The van der Waals surface area contributed by atoms with Gasteiger partial charge in [0.2, 0.25) is 0 Å². The Bertz CT molecular complexity index is 188. The molecular formula is C8H14N2O3. The van der Waals surface area contributed by atoms with Gasteiger partial charge in [-0.25, -0.2) is 0 Å². The van der Waals surface area contributed by atoms with Crippen LogP contribution in [0.5, 0.6) is 0 Å². The third-order valence-electron chi connectivity index (χ3n) is 1.86. The summed E-state index contributed by atoms with van der Waals surface area (Å²) in [5, 5.41) is 6.06. The zero-order valence-electron chi connectivity index (χ0n) is 7.66. The van der Waals surface area contributed by atoms with Gasteiger partial charge >= 0.3 is 0 Å². The highest BCUT2D eigenvalue weighted by atomic mass is 16.6. The zero-order chi connectivity index (χ0) is 9.52. The molecule has 1 saturated heterocycles. The minimum Gasteiger partial charge on any atom is -0.399 e. The lowest BCUT2D eigenvalue weighted by atomic mass is 10.1. The lowest BCUT2D eigenvalue weighted by molar-refractivity contribution is -0.114. The lowest BCUT2D eigenvalue weighted by Gasteiger charge is -2.06. The smallest absolute Gasteiger partial charge is 0.265 e. The molecule has 1 unspecified atom stereocenters. The number of ether oxygens (including phenoxy) is 1. The van der Waals surface area contributed by atoms with Crippen LogP contribution >= 0.6 is 0 Å². The first kappa shape index (κ1) is 9.98. The number of carbonyl (C=O) groups is 1. The van der Waals surface area contributed by atoms with Gasteiger partial charge in [0.25, 0.3) is 5.91 Å². The van der Waals surface area contributed by atoms with Crippen molar-refractivity contribution < 1.29 is 14.4 Å². The van der Waals surface area contributed by atoms with E-state index in [1.807, 2.05) is 0 Å². The number of nitrogens with one attached hydrogen (secondary N) is 1. The molecule has 5 heteroatoms. The largest absolute Gasteiger partial charge is 0.399 e. The Morgan fingerprint density at radius 1 is 1.85 bits per heavy atom. The van der Waals surface area contributed by atoms with E-state index in [0.717, 1.165) is 25.8 Å². The van der Waals surface area contributed by atoms with Crippen molar-refractivity contribution in [3.8, 4) is 0 Å². The fraction of sp³-hybridized carbons (Fsp3) is 0.750. The van der Waals surface area contributed by atoms with E-state index < -0.39 is 0 Å². The summed E-state index contributed by atoms with van der Waals surface area (Å²) >= 11 is 0. The summed E-state index contributed by atoms with van der Waals surface area (Å²) in [6.07, 6.45) is 2.14. The fourth-order valence-corrected chi connectivity index (χ4v) is 1.14. The topological polar surface area (TPSA) is 59.9 Å². The van der Waals surface area contributed by atoms with Crippen molar-refractivity contribution >= 4 is 12.1 Å². The first-order valence-corrected chi connectivity index (χ1v) is 4.25. The number of oxime groups is 1. The first-order valence-electron chi connectivity index (χ1n) is 4.25. The van der Waals surface area contributed by atoms with Crippen LogP contribution < -0.4 is 5.32 Å². The minimum absolute atomic E-state index is 0.228. The van der Waals surface area contributed by atoms with Crippen LogP contribution in [0.2, 0.25) is 0 Å². The number of hydrogen-bond acceptors (Lipinski definition) is 4. The van der Waals surface area contributed by atoms with Crippen molar-refractivity contribution in [1.29, 1.82) is 0 Å². The van der Waals surface area contributed by atoms with Crippen molar-refractivity contribution in [1.82, 2.24) is 5.32 Å². The van der Waals surface area contributed by atoms with E-state index in [1.54, 1.807) is 0 Å². The molecule has 0 saturated carbocycles. The first-order chi connectivity index (χ1) is 6.33. The molecule has 1 aliphatic heterocycles. The van der Waals surface area contributed by atoms with Gasteiger partial charge < -0.3 is 14.9 Å². The van der Waals surface area contributed by atoms with Crippen LogP contribution in [0.25, 0.3) is 0 Å². The molecule has 1 rings (SSSR count). The van der Waals surface area contributed by atoms with E-state index in [4.69, 9.17) is 4.74 Å². The van der Waals surface area contributed by atoms with Crippen molar-refractivity contribution in [2.75, 3.05) is 26.9 Å². The maximum absolute atomic E-state index is 11.0. The van der Waals surface area contributed by atoms with Gasteiger partial charge in [0.1, 0.15) is 13.3 Å². The monoisotopic (exact) mass is 186 g/mol. The van der Waals surface area contributed by atoms with E-state index in [1.165, 1.54) is 7.11 Å². The summed E-state index contributed by atoms with van der Waals surface area (Å²) in [7, 11) is 1.40. The van der Waals surface area contributed by atoms with Crippen LogP contribution in [-0.4, -0.2) is 39.0 Å². The van der Waals surface area contributed by atoms with Gasteiger partial charge in [-0.1, -0.05) is 5.16 Å². The average Bonchev–Trinajstić information content (AvgIpc) is 2.64. The van der Waals surface area contributed by atoms with Crippen molar-refractivity contribution in [3.63, 3.8) is 0 Å². The van der Waals surface area contributed by atoms with E-state index in [9.17, 15) is 4.79 Å². The molecule has 13 heavy (non-hydrogen) atoms. The maximum atomic E-state index is 11.0. The highest BCUT2D eigenvalue weighted by Gasteiger charge is 2.15. The van der Waals surface area contributed by atoms with E-state index in [0.29, 0.717) is 12.5 Å². The predicted octanol–water partition coefficient (Wildman–Crippen LogP) is -0.229. The van der Waals surface area contributed by atoms with E-state index >= 15 is 0 Å². The summed E-state index contributed by atoms with van der Waals surface area (Å²) in [4.78, 5) is 15.3. The average molecular weight is 186 g/mol. The summed E-state index contributed by atoms with van der Waals surface area (Å²) in [5.74, 6) is 0.216. The highest BCUT2D eigenvalue weighted by molar-refractivity contribution is 6.26. The molecule has 1 atom stereocenters. The van der Waals surface area contributed by atoms with E-state index in [-0.39, 0.29) is 5.91 Å². The molecule has 1 heterocycles. The third-order valence-corrected chi connectivity index (χ3v) is 1.86. The summed E-state index contributed by atoms with van der Waals surface area (Å²) < 4.78 is 5.16. The van der Waals surface area contributed by atoms with Crippen LogP contribution in [0.4, 0.5) is 0 Å². The van der Waals surface area contributed by atoms with Crippen LogP contribution in [-0.2, 0) is 14.4 Å². The standard InChI is InChI=1S/C8H14N2O3/c1-12-10-5-8(11)9-4-7-2-3-13-6-7/h5,7H,2-4,6H2,1H3,(H,9,11)/b10-5+. The predicted molar refractivity (Wildman–Crippen MR) is 47.4 cm³/mol. The zero-order valence-corrected chi connectivity index (χ0v) is 7.66. The molecule has 1 fully saturated rings. The quantitative estimate of drug-likeness (QED) is 0.487. The Morgan fingerprint density at radius 3 is 3.31 bits per heavy atom. The molecule has 0 spiro atoms. The molecule has 0 aromatic rings. The molecule has 0 radical (unpaired) electrons. The number of rotatable bonds is 4. The molecule has 0 aliphatic carbocycles. The Balaban J connectivity index is 2.10. The van der Waals surface area contributed by atoms with Crippen LogP contribution in [0.1, 0.15) is 6.42 Å². The van der Waals surface area contributed by atoms with E-state index in [2.05, 4.69) is 15.3 Å². The Morgan fingerprint density at radius 2 is 2.69 bits per heavy atom. The Labute approximate surface area is 77.1 Å². The SMILES string of the molecule is CO/N=C/C(=O)NCC1CCOC1. The minimum atomic E-state index is -0.228. The second-order valence-corrected chi connectivity index (χ2v) is 2.89. The molecule has 5 nitrogen and oxygen atoms in total. The number of hydrogen-bond donors (Lipinski definition) is 1. The molecule has 0 aromatic heterocycles. The van der Waals surface area contributed by atoms with Crippen LogP contribution in [0.3, 0.4) is 0 Å². The number of nitrogens with zero attached hydrogens (tertiary/aromatic N) is 1. The van der Waals surface area contributed by atoms with Gasteiger partial charge in [-0.15, -0.1) is 0 Å². The molecule has 0 bridgehead atoms. The van der Waals surface area contributed by atoms with Gasteiger partial charge in [0.05, 0.1) is 6.61 Å². The normalized spacial score (nSPS) is 22.1. The number of carbonyl (C=O) groups excluding carboxylic acids is 1. The summed E-state index contributed by atoms with van der Waals surface area (Å²) in [6.45, 7) is 2.18. The van der Waals surface area contributed by atoms with Gasteiger partial charge in [-0.3, -0.25) is 4.79 Å². The lowest BCUT2D eigenvalue weighted by Crippen LogP contribution is -2.30. The molecule has 74 valence electrons. The molecule has 1 amide bonds. The van der Waals surface area contributed by atoms with Crippen molar-refractivity contribution in [2.45, 2.75) is 6.42 Å². The Kier molecular flexibility index (Phi) is 4.25. The highest BCUT2D eigenvalue weighted by Crippen LogP contribution is 2.10. The maximum Gasteiger partial charge on any atom is 0.265 e. The molecule has 0 aromatic carbocycles. The van der Waals surface area contributed by atoms with Gasteiger partial charge in [0, 0.05) is 19.1 Å². The van der Waals surface area contributed by atoms with Crippen molar-refractivity contribution in [2.24, 2.45) is 11.1 Å². The van der Waals surface area contributed by atoms with Crippen LogP contribution in [0, 0.1) is 5.92 Å². The Hall–Kier alpha value is -1.10.